The summed E-state index contributed by atoms with van der Waals surface area (Å²) in [5, 5.41) is 3.84. The maximum Gasteiger partial charge on any atom is 0.263 e. The van der Waals surface area contributed by atoms with E-state index in [0.717, 1.165) is 61.9 Å². The number of aromatic nitrogens is 1. The van der Waals surface area contributed by atoms with E-state index in [4.69, 9.17) is 25.9 Å². The molecule has 1 spiro atoms. The van der Waals surface area contributed by atoms with Crippen molar-refractivity contribution in [1.29, 1.82) is 0 Å². The van der Waals surface area contributed by atoms with Gasteiger partial charge in [-0.25, -0.2) is 8.42 Å². The average Bonchev–Trinajstić information content (AvgIpc) is 3.63. The van der Waals surface area contributed by atoms with E-state index in [9.17, 15) is 13.2 Å². The van der Waals surface area contributed by atoms with Gasteiger partial charge in [0.1, 0.15) is 16.4 Å². The molecule has 218 valence electrons. The number of halogens is 1. The number of aryl methyl sites for hydroxylation is 1. The summed E-state index contributed by atoms with van der Waals surface area (Å²) >= 11 is 6.16. The van der Waals surface area contributed by atoms with Crippen molar-refractivity contribution in [3.8, 4) is 11.1 Å². The molecular weight excluding hydrogens is 564 g/mol. The van der Waals surface area contributed by atoms with Crippen LogP contribution in [0, 0.1) is 6.92 Å². The second kappa shape index (κ2) is 12.0. The molecule has 0 unspecified atom stereocenters. The van der Waals surface area contributed by atoms with Crippen LogP contribution in [0.25, 0.3) is 11.1 Å². The molecule has 1 saturated carbocycles. The fourth-order valence-corrected chi connectivity index (χ4v) is 7.10. The first-order valence-corrected chi connectivity index (χ1v) is 15.8. The summed E-state index contributed by atoms with van der Waals surface area (Å²) in [5.41, 5.74) is 2.35. The van der Waals surface area contributed by atoms with Crippen LogP contribution in [0.15, 0.2) is 56.9 Å². The summed E-state index contributed by atoms with van der Waals surface area (Å²) < 4.78 is 39.9. The Labute approximate surface area is 246 Å². The molecule has 5 rings (SSSR count). The summed E-state index contributed by atoms with van der Waals surface area (Å²) in [7, 11) is -2.47. The molecule has 41 heavy (non-hydrogen) atoms. The Morgan fingerprint density at radius 1 is 1.15 bits per heavy atom. The van der Waals surface area contributed by atoms with Crippen molar-refractivity contribution >= 4 is 39.2 Å². The average molecular weight is 599 g/mol. The van der Waals surface area contributed by atoms with Crippen LogP contribution in [-0.4, -0.2) is 42.9 Å². The van der Waals surface area contributed by atoms with Gasteiger partial charge in [0.25, 0.3) is 15.9 Å². The van der Waals surface area contributed by atoms with E-state index < -0.39 is 15.6 Å². The molecule has 3 aromatic rings. The molecule has 1 aliphatic carbocycles. The second-order valence-electron chi connectivity index (χ2n) is 10.7. The molecule has 0 bridgehead atoms. The number of sulfonamides is 1. The van der Waals surface area contributed by atoms with Gasteiger partial charge in [0.15, 0.2) is 5.76 Å². The number of methoxy groups -OCH3 is 1. The van der Waals surface area contributed by atoms with Gasteiger partial charge in [-0.3, -0.25) is 19.4 Å². The number of unbranched alkanes of at least 4 members (excludes halogenated alkanes) is 1. The number of amides is 1. The van der Waals surface area contributed by atoms with E-state index in [2.05, 4.69) is 16.8 Å². The van der Waals surface area contributed by atoms with Crippen LogP contribution >= 0.6 is 11.6 Å². The highest BCUT2D eigenvalue weighted by Crippen LogP contribution is 2.40. The van der Waals surface area contributed by atoms with E-state index in [1.165, 1.54) is 6.07 Å². The van der Waals surface area contributed by atoms with Crippen LogP contribution in [0.5, 0.6) is 0 Å². The van der Waals surface area contributed by atoms with Gasteiger partial charge in [-0.05, 0) is 48.9 Å². The predicted molar refractivity (Wildman–Crippen MR) is 158 cm³/mol. The minimum absolute atomic E-state index is 0.0636. The van der Waals surface area contributed by atoms with Gasteiger partial charge in [0, 0.05) is 19.1 Å². The summed E-state index contributed by atoms with van der Waals surface area (Å²) in [4.78, 5) is 20.5. The van der Waals surface area contributed by atoms with Gasteiger partial charge in [-0.1, -0.05) is 79.3 Å². The third-order valence-electron chi connectivity index (χ3n) is 7.78. The molecule has 1 aromatic heterocycles. The highest BCUT2D eigenvalue weighted by molar-refractivity contribution is 7.92. The van der Waals surface area contributed by atoms with Crippen LogP contribution in [0.4, 0.5) is 5.82 Å². The van der Waals surface area contributed by atoms with Gasteiger partial charge < -0.3 is 9.26 Å². The Morgan fingerprint density at radius 3 is 2.59 bits per heavy atom. The van der Waals surface area contributed by atoms with Gasteiger partial charge in [0.2, 0.25) is 5.82 Å². The van der Waals surface area contributed by atoms with Crippen LogP contribution < -0.4 is 4.72 Å². The maximum absolute atomic E-state index is 13.6. The van der Waals surface area contributed by atoms with E-state index in [0.29, 0.717) is 23.4 Å². The lowest BCUT2D eigenvalue weighted by molar-refractivity contribution is -0.131. The molecule has 11 heteroatoms. The number of amidine groups is 1. The van der Waals surface area contributed by atoms with Gasteiger partial charge in [-0.2, -0.15) is 0 Å². The number of nitrogens with zero attached hydrogens (tertiary/aromatic N) is 3. The molecular formula is C30H35ClN4O5S. The number of benzene rings is 2. The monoisotopic (exact) mass is 598 g/mol. The first kappa shape index (κ1) is 29.3. The standard InChI is InChI=1S/C30H35ClN4O5S/c1-4-5-12-26-32-30(15-8-9-16-30)29(36)35(26)18-21-13-14-23(22(17-21)19-39-3)24-10-6-7-11-25(24)41(37,38)34-28-27(31)20(2)40-33-28/h6-7,10-11,13-14,17H,4-5,8-9,12,15-16,18-19H2,1-3H3,(H,33,34). The maximum atomic E-state index is 13.6. The third kappa shape index (κ3) is 5.78. The van der Waals surface area contributed by atoms with E-state index >= 15 is 0 Å². The van der Waals surface area contributed by atoms with Crippen LogP contribution in [0.3, 0.4) is 0 Å². The number of carbonyl (C=O) groups is 1. The Morgan fingerprint density at radius 2 is 1.90 bits per heavy atom. The number of hydrogen-bond acceptors (Lipinski definition) is 7. The Kier molecular flexibility index (Phi) is 8.54. The normalized spacial score (nSPS) is 16.5. The van der Waals surface area contributed by atoms with Crippen LogP contribution in [0.1, 0.15) is 68.8 Å². The number of ether oxygens (including phenoxy) is 1. The quantitative estimate of drug-likeness (QED) is 0.270. The predicted octanol–water partition coefficient (Wildman–Crippen LogP) is 6.49. The molecule has 1 fully saturated rings. The molecule has 2 heterocycles. The number of hydrogen-bond donors (Lipinski definition) is 1. The van der Waals surface area contributed by atoms with Crippen molar-refractivity contribution in [2.75, 3.05) is 11.8 Å². The molecule has 0 radical (unpaired) electrons. The van der Waals surface area contributed by atoms with E-state index in [1.54, 1.807) is 32.2 Å². The van der Waals surface area contributed by atoms with Crippen molar-refractivity contribution < 1.29 is 22.5 Å². The third-order valence-corrected chi connectivity index (χ3v) is 9.62. The first-order valence-electron chi connectivity index (χ1n) is 13.9. The lowest BCUT2D eigenvalue weighted by Crippen LogP contribution is -2.40. The Hall–Kier alpha value is -3.21. The molecule has 2 aliphatic rings. The SMILES string of the molecule is CCCCC1=NC2(CCCC2)C(=O)N1Cc1ccc(-c2ccccc2S(=O)(=O)Nc2noc(C)c2Cl)c(COC)c1. The molecule has 9 nitrogen and oxygen atoms in total. The summed E-state index contributed by atoms with van der Waals surface area (Å²) in [6.07, 6.45) is 6.45. The zero-order chi connectivity index (χ0) is 29.2. The lowest BCUT2D eigenvalue weighted by Gasteiger charge is -2.23. The number of rotatable bonds is 11. The number of anilines is 1. The smallest absolute Gasteiger partial charge is 0.263 e. The Bertz CT molecular complexity index is 1580. The zero-order valence-electron chi connectivity index (χ0n) is 23.6. The molecule has 1 aliphatic heterocycles. The fourth-order valence-electron chi connectivity index (χ4n) is 5.69. The minimum atomic E-state index is -4.06. The van der Waals surface area contributed by atoms with Crippen molar-refractivity contribution in [2.45, 2.75) is 82.4 Å². The summed E-state index contributed by atoms with van der Waals surface area (Å²) in [6, 6.07) is 12.5. The summed E-state index contributed by atoms with van der Waals surface area (Å²) in [5.74, 6) is 1.22. The second-order valence-corrected chi connectivity index (χ2v) is 12.7. The molecule has 0 saturated heterocycles. The number of aliphatic imine (C=N–C) groups is 1. The lowest BCUT2D eigenvalue weighted by atomic mass is 9.96. The molecule has 0 atom stereocenters. The van der Waals surface area contributed by atoms with Gasteiger partial charge in [-0.15, -0.1) is 0 Å². The van der Waals surface area contributed by atoms with Crippen LogP contribution in [-0.2, 0) is 32.7 Å². The van der Waals surface area contributed by atoms with Crippen molar-refractivity contribution in [1.82, 2.24) is 10.1 Å². The molecule has 2 aromatic carbocycles. The highest BCUT2D eigenvalue weighted by atomic mass is 35.5. The fraction of sp³-hybridized carbons (Fsp3) is 0.433. The van der Waals surface area contributed by atoms with Gasteiger partial charge >= 0.3 is 0 Å². The number of nitrogens with one attached hydrogen (secondary N) is 1. The first-order chi connectivity index (χ1) is 19.7. The Balaban J connectivity index is 1.47. The summed E-state index contributed by atoms with van der Waals surface area (Å²) in [6.45, 7) is 4.40. The highest BCUT2D eigenvalue weighted by Gasteiger charge is 2.49. The molecule has 1 N–H and O–H groups in total. The zero-order valence-corrected chi connectivity index (χ0v) is 25.1. The minimum Gasteiger partial charge on any atom is -0.380 e. The van der Waals surface area contributed by atoms with Gasteiger partial charge in [0.05, 0.1) is 18.0 Å². The largest absolute Gasteiger partial charge is 0.380 e. The van der Waals surface area contributed by atoms with Crippen molar-refractivity contribution in [3.05, 3.63) is 64.4 Å². The van der Waals surface area contributed by atoms with Crippen LogP contribution in [0.2, 0.25) is 5.02 Å². The topological polar surface area (TPSA) is 114 Å². The number of carbonyl (C=O) groups excluding carboxylic acids is 1. The van der Waals surface area contributed by atoms with Crippen molar-refractivity contribution in [3.63, 3.8) is 0 Å². The van der Waals surface area contributed by atoms with Crippen molar-refractivity contribution in [2.24, 2.45) is 4.99 Å². The van der Waals surface area contributed by atoms with E-state index in [-0.39, 0.29) is 28.3 Å². The van der Waals surface area contributed by atoms with E-state index in [1.807, 2.05) is 23.1 Å². The molecule has 1 amide bonds.